The molecule has 1 fully saturated rings. The van der Waals surface area contributed by atoms with Crippen molar-refractivity contribution in [1.82, 2.24) is 30.0 Å². The molecule has 7 nitrogen and oxygen atoms in total. The Bertz CT molecular complexity index is 756. The van der Waals surface area contributed by atoms with Crippen molar-refractivity contribution in [2.24, 2.45) is 11.8 Å². The summed E-state index contributed by atoms with van der Waals surface area (Å²) < 4.78 is 2.02. The lowest BCUT2D eigenvalue weighted by molar-refractivity contribution is 0.0924. The lowest BCUT2D eigenvalue weighted by atomic mass is 9.89. The normalized spacial score (nSPS) is 22.7. The van der Waals surface area contributed by atoms with Crippen molar-refractivity contribution in [1.29, 1.82) is 0 Å². The highest BCUT2D eigenvalue weighted by atomic mass is 16.2. The summed E-state index contributed by atoms with van der Waals surface area (Å²) in [6.45, 7) is 7.82. The monoisotopic (exact) mass is 340 g/mol. The van der Waals surface area contributed by atoms with Gasteiger partial charge >= 0.3 is 0 Å². The van der Waals surface area contributed by atoms with E-state index in [1.165, 1.54) is 5.56 Å². The van der Waals surface area contributed by atoms with Gasteiger partial charge in [-0.05, 0) is 43.4 Å². The molecule has 25 heavy (non-hydrogen) atoms. The van der Waals surface area contributed by atoms with Crippen LogP contribution in [-0.2, 0) is 19.5 Å². The molecule has 2 atom stereocenters. The fourth-order valence-corrected chi connectivity index (χ4v) is 3.99. The van der Waals surface area contributed by atoms with Crippen molar-refractivity contribution in [3.8, 4) is 0 Å². The van der Waals surface area contributed by atoms with E-state index in [0.29, 0.717) is 17.7 Å². The molecule has 132 valence electrons. The lowest BCUT2D eigenvalue weighted by Crippen LogP contribution is -2.35. The zero-order valence-electron chi connectivity index (χ0n) is 14.7. The van der Waals surface area contributed by atoms with Crippen molar-refractivity contribution in [2.75, 3.05) is 13.1 Å². The van der Waals surface area contributed by atoms with E-state index in [1.54, 1.807) is 0 Å². The SMILES string of the molecule is CC(C)NC(=O)c1nnc2n1C[C@H]1CN(Cc3ccncc3)C[C@H]1C2. The van der Waals surface area contributed by atoms with Crippen LogP contribution in [0.25, 0.3) is 0 Å². The largest absolute Gasteiger partial charge is 0.347 e. The van der Waals surface area contributed by atoms with E-state index in [4.69, 9.17) is 0 Å². The van der Waals surface area contributed by atoms with Crippen molar-refractivity contribution in [2.45, 2.75) is 39.4 Å². The zero-order chi connectivity index (χ0) is 17.4. The first kappa shape index (κ1) is 16.2. The summed E-state index contributed by atoms with van der Waals surface area (Å²) in [4.78, 5) is 18.9. The first-order chi connectivity index (χ1) is 12.1. The summed E-state index contributed by atoms with van der Waals surface area (Å²) >= 11 is 0. The third kappa shape index (κ3) is 3.28. The van der Waals surface area contributed by atoms with E-state index >= 15 is 0 Å². The molecule has 0 aliphatic carbocycles. The number of fused-ring (bicyclic) bond motifs is 2. The highest BCUT2D eigenvalue weighted by molar-refractivity contribution is 5.90. The molecule has 0 aromatic carbocycles. The average molecular weight is 340 g/mol. The average Bonchev–Trinajstić information content (AvgIpc) is 3.15. The molecule has 4 heterocycles. The van der Waals surface area contributed by atoms with E-state index in [0.717, 1.165) is 38.4 Å². The van der Waals surface area contributed by atoms with Crippen LogP contribution in [0.4, 0.5) is 0 Å². The summed E-state index contributed by atoms with van der Waals surface area (Å²) in [6.07, 6.45) is 4.60. The van der Waals surface area contributed by atoms with E-state index < -0.39 is 0 Å². The van der Waals surface area contributed by atoms with Crippen molar-refractivity contribution in [3.63, 3.8) is 0 Å². The molecule has 7 heteroatoms. The van der Waals surface area contributed by atoms with Gasteiger partial charge in [0, 0.05) is 51.0 Å². The molecule has 2 aliphatic heterocycles. The quantitative estimate of drug-likeness (QED) is 0.902. The molecule has 2 aliphatic rings. The minimum Gasteiger partial charge on any atom is -0.347 e. The highest BCUT2D eigenvalue weighted by Crippen LogP contribution is 2.33. The van der Waals surface area contributed by atoms with Crippen LogP contribution in [0.1, 0.15) is 35.9 Å². The third-order valence-corrected chi connectivity index (χ3v) is 5.12. The second-order valence-corrected chi connectivity index (χ2v) is 7.45. The fraction of sp³-hybridized carbons (Fsp3) is 0.556. The Balaban J connectivity index is 1.45. The molecule has 2 aromatic heterocycles. The van der Waals surface area contributed by atoms with Gasteiger partial charge < -0.3 is 9.88 Å². The Hall–Kier alpha value is -2.28. The van der Waals surface area contributed by atoms with Gasteiger partial charge in [-0.15, -0.1) is 10.2 Å². The van der Waals surface area contributed by atoms with Crippen molar-refractivity contribution >= 4 is 5.91 Å². The van der Waals surface area contributed by atoms with Crippen LogP contribution in [0.15, 0.2) is 24.5 Å². The molecule has 0 spiro atoms. The van der Waals surface area contributed by atoms with Crippen LogP contribution >= 0.6 is 0 Å². The zero-order valence-corrected chi connectivity index (χ0v) is 14.7. The molecular weight excluding hydrogens is 316 g/mol. The van der Waals surface area contributed by atoms with E-state index in [9.17, 15) is 4.79 Å². The number of carbonyl (C=O) groups excluding carboxylic acids is 1. The minimum absolute atomic E-state index is 0.0964. The maximum absolute atomic E-state index is 12.3. The topological polar surface area (TPSA) is 75.9 Å². The molecule has 2 aromatic rings. The van der Waals surface area contributed by atoms with Crippen LogP contribution in [0.3, 0.4) is 0 Å². The fourth-order valence-electron chi connectivity index (χ4n) is 3.99. The number of aromatic nitrogens is 4. The van der Waals surface area contributed by atoms with Crippen molar-refractivity contribution < 1.29 is 4.79 Å². The number of hydrogen-bond donors (Lipinski definition) is 1. The number of nitrogens with one attached hydrogen (secondary N) is 1. The van der Waals surface area contributed by atoms with Gasteiger partial charge in [-0.3, -0.25) is 14.7 Å². The summed E-state index contributed by atoms with van der Waals surface area (Å²) in [6, 6.07) is 4.25. The van der Waals surface area contributed by atoms with Gasteiger partial charge in [0.2, 0.25) is 5.82 Å². The number of likely N-dealkylation sites (tertiary alicyclic amines) is 1. The minimum atomic E-state index is -0.126. The van der Waals surface area contributed by atoms with Gasteiger partial charge in [0.15, 0.2) is 0 Å². The Labute approximate surface area is 147 Å². The number of pyridine rings is 1. The van der Waals surface area contributed by atoms with Gasteiger partial charge in [-0.2, -0.15) is 0 Å². The van der Waals surface area contributed by atoms with Gasteiger partial charge in [-0.1, -0.05) is 0 Å². The molecule has 0 radical (unpaired) electrons. The number of hydrogen-bond acceptors (Lipinski definition) is 5. The second-order valence-electron chi connectivity index (χ2n) is 7.45. The van der Waals surface area contributed by atoms with Gasteiger partial charge in [0.25, 0.3) is 5.91 Å². The van der Waals surface area contributed by atoms with Crippen LogP contribution in [0.2, 0.25) is 0 Å². The van der Waals surface area contributed by atoms with Crippen LogP contribution < -0.4 is 5.32 Å². The summed E-state index contributed by atoms with van der Waals surface area (Å²) in [7, 11) is 0. The smallest absolute Gasteiger partial charge is 0.289 e. The number of nitrogens with zero attached hydrogens (tertiary/aromatic N) is 5. The molecular formula is C18H24N6O. The second kappa shape index (κ2) is 6.55. The maximum atomic E-state index is 12.3. The Morgan fingerprint density at radius 2 is 1.96 bits per heavy atom. The summed E-state index contributed by atoms with van der Waals surface area (Å²) in [5, 5.41) is 11.3. The molecule has 0 bridgehead atoms. The summed E-state index contributed by atoms with van der Waals surface area (Å²) in [5.41, 5.74) is 1.30. The number of carbonyl (C=O) groups is 1. The molecule has 1 amide bonds. The van der Waals surface area contributed by atoms with Gasteiger partial charge in [0.1, 0.15) is 5.82 Å². The van der Waals surface area contributed by atoms with Crippen LogP contribution in [0.5, 0.6) is 0 Å². The van der Waals surface area contributed by atoms with Gasteiger partial charge in [-0.25, -0.2) is 0 Å². The predicted octanol–water partition coefficient (Wildman–Crippen LogP) is 1.12. The van der Waals surface area contributed by atoms with E-state index in [-0.39, 0.29) is 11.9 Å². The van der Waals surface area contributed by atoms with Crippen LogP contribution in [0, 0.1) is 11.8 Å². The Morgan fingerprint density at radius 3 is 2.72 bits per heavy atom. The Kier molecular flexibility index (Phi) is 4.25. The molecule has 1 N–H and O–H groups in total. The molecule has 0 unspecified atom stereocenters. The number of amides is 1. The Morgan fingerprint density at radius 1 is 1.20 bits per heavy atom. The van der Waals surface area contributed by atoms with Gasteiger partial charge in [0.05, 0.1) is 0 Å². The molecule has 1 saturated heterocycles. The predicted molar refractivity (Wildman–Crippen MR) is 92.8 cm³/mol. The highest BCUT2D eigenvalue weighted by Gasteiger charge is 2.39. The third-order valence-electron chi connectivity index (χ3n) is 5.12. The summed E-state index contributed by atoms with van der Waals surface area (Å²) in [5.74, 6) is 2.42. The maximum Gasteiger partial charge on any atom is 0.289 e. The lowest BCUT2D eigenvalue weighted by Gasteiger charge is -2.25. The van der Waals surface area contributed by atoms with Crippen molar-refractivity contribution in [3.05, 3.63) is 41.7 Å². The molecule has 4 rings (SSSR count). The van der Waals surface area contributed by atoms with E-state index in [1.807, 2.05) is 30.8 Å². The molecule has 0 saturated carbocycles. The van der Waals surface area contributed by atoms with E-state index in [2.05, 4.69) is 37.5 Å². The number of rotatable bonds is 4. The first-order valence-corrected chi connectivity index (χ1v) is 8.94. The standard InChI is InChI=1S/C18H24N6O/c1-12(2)20-18(25)17-22-21-16-7-14-9-23(10-15(14)11-24(16)17)8-13-3-5-19-6-4-13/h3-6,12,14-15H,7-11H2,1-2H3,(H,20,25)/t14-,15-/m1/s1. The van der Waals surface area contributed by atoms with Crippen LogP contribution in [-0.4, -0.2) is 49.7 Å². The first-order valence-electron chi connectivity index (χ1n) is 8.94.